The van der Waals surface area contributed by atoms with Crippen LogP contribution in [0.25, 0.3) is 0 Å². The van der Waals surface area contributed by atoms with Gasteiger partial charge in [-0.05, 0) is 44.0 Å². The van der Waals surface area contributed by atoms with E-state index in [9.17, 15) is 13.2 Å². The van der Waals surface area contributed by atoms with Crippen LogP contribution in [0.1, 0.15) is 37.7 Å². The fraction of sp³-hybridized carbons (Fsp3) is 0.435. The number of methoxy groups -OCH3 is 2. The van der Waals surface area contributed by atoms with Gasteiger partial charge in [0.1, 0.15) is 6.54 Å². The predicted molar refractivity (Wildman–Crippen MR) is 120 cm³/mol. The summed E-state index contributed by atoms with van der Waals surface area (Å²) in [6, 6.07) is 11.6. The molecule has 0 aliphatic heterocycles. The van der Waals surface area contributed by atoms with E-state index in [4.69, 9.17) is 9.47 Å². The van der Waals surface area contributed by atoms with Crippen molar-refractivity contribution in [1.29, 1.82) is 0 Å². The summed E-state index contributed by atoms with van der Waals surface area (Å²) in [7, 11) is -1.09. The van der Waals surface area contributed by atoms with Gasteiger partial charge in [-0.2, -0.15) is 0 Å². The van der Waals surface area contributed by atoms with Crippen molar-refractivity contribution < 1.29 is 22.7 Å². The zero-order valence-corrected chi connectivity index (χ0v) is 19.1. The number of ether oxygens (including phenoxy) is 2. The molecule has 1 fully saturated rings. The molecule has 0 aromatic heterocycles. The zero-order chi connectivity index (χ0) is 22.4. The molecule has 1 amide bonds. The van der Waals surface area contributed by atoms with Crippen molar-refractivity contribution in [2.45, 2.75) is 50.0 Å². The summed E-state index contributed by atoms with van der Waals surface area (Å²) in [6.07, 6.45) is 5.19. The first-order valence-electron chi connectivity index (χ1n) is 10.5. The minimum absolute atomic E-state index is 0.0243. The molecule has 2 aromatic rings. The van der Waals surface area contributed by atoms with Crippen LogP contribution in [0.2, 0.25) is 0 Å². The Hall–Kier alpha value is -2.74. The fourth-order valence-corrected chi connectivity index (χ4v) is 5.22. The quantitative estimate of drug-likeness (QED) is 0.669. The summed E-state index contributed by atoms with van der Waals surface area (Å²) in [4.78, 5) is 12.8. The zero-order valence-electron chi connectivity index (χ0n) is 18.3. The van der Waals surface area contributed by atoms with E-state index in [0.29, 0.717) is 17.2 Å². The second-order valence-electron chi connectivity index (χ2n) is 7.77. The Morgan fingerprint density at radius 1 is 1.00 bits per heavy atom. The van der Waals surface area contributed by atoms with Crippen LogP contribution in [0.15, 0.2) is 47.4 Å². The second kappa shape index (κ2) is 10.0. The van der Waals surface area contributed by atoms with E-state index in [1.807, 2.05) is 19.1 Å². The largest absolute Gasteiger partial charge is 0.493 e. The number of benzene rings is 2. The van der Waals surface area contributed by atoms with Crippen molar-refractivity contribution in [3.8, 4) is 11.5 Å². The molecule has 7 nitrogen and oxygen atoms in total. The number of nitrogens with one attached hydrogen (secondary N) is 1. The van der Waals surface area contributed by atoms with Gasteiger partial charge in [0.25, 0.3) is 10.0 Å². The molecular formula is C23H30N2O5S. The number of hydrogen-bond acceptors (Lipinski definition) is 5. The highest BCUT2D eigenvalue weighted by Gasteiger charge is 2.29. The maximum atomic E-state index is 13.6. The van der Waals surface area contributed by atoms with E-state index >= 15 is 0 Å². The maximum absolute atomic E-state index is 13.6. The lowest BCUT2D eigenvalue weighted by molar-refractivity contribution is -0.120. The number of aryl methyl sites for hydroxylation is 1. The summed E-state index contributed by atoms with van der Waals surface area (Å²) in [5.41, 5.74) is 1.43. The molecule has 1 N–H and O–H groups in total. The number of amides is 1. The van der Waals surface area contributed by atoms with E-state index in [1.54, 1.807) is 18.2 Å². The van der Waals surface area contributed by atoms with Crippen LogP contribution in [0.3, 0.4) is 0 Å². The van der Waals surface area contributed by atoms with E-state index < -0.39 is 10.0 Å². The lowest BCUT2D eigenvalue weighted by Crippen LogP contribution is -2.44. The first-order valence-corrected chi connectivity index (χ1v) is 11.9. The van der Waals surface area contributed by atoms with Gasteiger partial charge in [0.05, 0.1) is 24.8 Å². The smallest absolute Gasteiger partial charge is 0.264 e. The Labute approximate surface area is 184 Å². The van der Waals surface area contributed by atoms with Gasteiger partial charge in [-0.3, -0.25) is 9.10 Å². The van der Waals surface area contributed by atoms with Crippen molar-refractivity contribution in [3.05, 3.63) is 48.0 Å². The standard InChI is InChI=1S/C23H30N2O5S/c1-17-9-11-19(12-10-17)25(16-23(26)24-18-7-5-4-6-8-18)31(27,28)20-13-14-21(29-2)22(15-20)30-3/h9-15,18H,4-8,16H2,1-3H3,(H,24,26). The molecule has 0 saturated heterocycles. The van der Waals surface area contributed by atoms with Crippen LogP contribution in [-0.4, -0.2) is 41.1 Å². The Morgan fingerprint density at radius 3 is 2.26 bits per heavy atom. The SMILES string of the molecule is COc1ccc(S(=O)(=O)N(CC(=O)NC2CCCCC2)c2ccc(C)cc2)cc1OC. The molecule has 0 heterocycles. The molecular weight excluding hydrogens is 416 g/mol. The van der Waals surface area contributed by atoms with Crippen LogP contribution in [0.5, 0.6) is 11.5 Å². The number of carbonyl (C=O) groups is 1. The number of nitrogens with zero attached hydrogens (tertiary/aromatic N) is 1. The third-order valence-electron chi connectivity index (χ3n) is 5.52. The average molecular weight is 447 g/mol. The number of sulfonamides is 1. The van der Waals surface area contributed by atoms with E-state index in [2.05, 4.69) is 5.32 Å². The highest BCUT2D eigenvalue weighted by Crippen LogP contribution is 2.32. The Kier molecular flexibility index (Phi) is 7.43. The normalized spacial score (nSPS) is 14.7. The fourth-order valence-electron chi connectivity index (χ4n) is 3.78. The Balaban J connectivity index is 1.93. The number of anilines is 1. The third kappa shape index (κ3) is 5.50. The van der Waals surface area contributed by atoms with Crippen LogP contribution < -0.4 is 19.1 Å². The minimum Gasteiger partial charge on any atom is -0.493 e. The van der Waals surface area contributed by atoms with Crippen LogP contribution in [-0.2, 0) is 14.8 Å². The Morgan fingerprint density at radius 2 is 1.65 bits per heavy atom. The van der Waals surface area contributed by atoms with Crippen molar-refractivity contribution in [3.63, 3.8) is 0 Å². The number of hydrogen-bond donors (Lipinski definition) is 1. The van der Waals surface area contributed by atoms with Gasteiger partial charge in [-0.1, -0.05) is 37.0 Å². The summed E-state index contributed by atoms with van der Waals surface area (Å²) in [6.45, 7) is 1.63. The van der Waals surface area contributed by atoms with Gasteiger partial charge in [0.15, 0.2) is 11.5 Å². The molecule has 0 spiro atoms. The summed E-state index contributed by atoms with van der Waals surface area (Å²) < 4.78 is 38.8. The first kappa shape index (κ1) is 22.9. The molecule has 168 valence electrons. The van der Waals surface area contributed by atoms with Gasteiger partial charge >= 0.3 is 0 Å². The third-order valence-corrected chi connectivity index (χ3v) is 7.29. The molecule has 31 heavy (non-hydrogen) atoms. The molecule has 0 atom stereocenters. The van der Waals surface area contributed by atoms with Gasteiger partial charge in [0.2, 0.25) is 5.91 Å². The highest BCUT2D eigenvalue weighted by atomic mass is 32.2. The first-order chi connectivity index (χ1) is 14.8. The second-order valence-corrected chi connectivity index (χ2v) is 9.63. The molecule has 8 heteroatoms. The van der Waals surface area contributed by atoms with Crippen molar-refractivity contribution in [2.24, 2.45) is 0 Å². The molecule has 0 bridgehead atoms. The maximum Gasteiger partial charge on any atom is 0.264 e. The van der Waals surface area contributed by atoms with Gasteiger partial charge in [0, 0.05) is 12.1 Å². The van der Waals surface area contributed by atoms with Crippen LogP contribution in [0, 0.1) is 6.92 Å². The summed E-state index contributed by atoms with van der Waals surface area (Å²) >= 11 is 0. The average Bonchev–Trinajstić information content (AvgIpc) is 2.78. The predicted octanol–water partition coefficient (Wildman–Crippen LogP) is 3.66. The molecule has 3 rings (SSSR count). The van der Waals surface area contributed by atoms with Crippen molar-refractivity contribution in [2.75, 3.05) is 25.1 Å². The monoisotopic (exact) mass is 446 g/mol. The highest BCUT2D eigenvalue weighted by molar-refractivity contribution is 7.92. The molecule has 1 aliphatic rings. The van der Waals surface area contributed by atoms with Crippen molar-refractivity contribution >= 4 is 21.6 Å². The molecule has 1 aliphatic carbocycles. The molecule has 0 unspecified atom stereocenters. The molecule has 2 aromatic carbocycles. The van der Waals surface area contributed by atoms with E-state index in [1.165, 1.54) is 32.8 Å². The van der Waals surface area contributed by atoms with Gasteiger partial charge in [-0.15, -0.1) is 0 Å². The van der Waals surface area contributed by atoms with Gasteiger partial charge < -0.3 is 14.8 Å². The van der Waals surface area contributed by atoms with Crippen molar-refractivity contribution in [1.82, 2.24) is 5.32 Å². The summed E-state index contributed by atoms with van der Waals surface area (Å²) in [5.74, 6) is 0.425. The van der Waals surface area contributed by atoms with E-state index in [-0.39, 0.29) is 23.4 Å². The minimum atomic E-state index is -4.02. The summed E-state index contributed by atoms with van der Waals surface area (Å²) in [5, 5.41) is 3.01. The Bertz CT molecular complexity index is 999. The molecule has 1 saturated carbocycles. The van der Waals surface area contributed by atoms with E-state index in [0.717, 1.165) is 35.6 Å². The topological polar surface area (TPSA) is 84.9 Å². The lowest BCUT2D eigenvalue weighted by atomic mass is 9.95. The number of carbonyl (C=O) groups excluding carboxylic acids is 1. The van der Waals surface area contributed by atoms with Gasteiger partial charge in [-0.25, -0.2) is 8.42 Å². The molecule has 0 radical (unpaired) electrons. The number of rotatable bonds is 8. The van der Waals surface area contributed by atoms with Crippen LogP contribution >= 0.6 is 0 Å². The van der Waals surface area contributed by atoms with Crippen LogP contribution in [0.4, 0.5) is 5.69 Å². The lowest BCUT2D eigenvalue weighted by Gasteiger charge is -2.27.